The van der Waals surface area contributed by atoms with Crippen LogP contribution in [0.4, 0.5) is 0 Å². The second kappa shape index (κ2) is 6.06. The molecule has 3 aliphatic rings. The second-order valence-corrected chi connectivity index (χ2v) is 7.91. The molecule has 1 saturated heterocycles. The highest BCUT2D eigenvalue weighted by atomic mass is 16.6. The molecule has 0 saturated carbocycles. The minimum atomic E-state index is -0.568. The second-order valence-electron chi connectivity index (χ2n) is 7.91. The Bertz CT molecular complexity index is 671. The molecule has 2 atom stereocenters. The first-order valence-electron chi connectivity index (χ1n) is 8.75. The number of esters is 1. The minimum Gasteiger partial charge on any atom is -0.445 e. The molecule has 1 aliphatic carbocycles. The molecule has 0 amide bonds. The zero-order valence-electron chi connectivity index (χ0n) is 15.4. The minimum absolute atomic E-state index is 0.196. The van der Waals surface area contributed by atoms with Crippen LogP contribution in [0.5, 0.6) is 0 Å². The van der Waals surface area contributed by atoms with Gasteiger partial charge in [-0.25, -0.2) is 4.79 Å². The van der Waals surface area contributed by atoms with Crippen LogP contribution in [0.1, 0.15) is 47.0 Å². The largest absolute Gasteiger partial charge is 0.445 e. The lowest BCUT2D eigenvalue weighted by Crippen LogP contribution is -2.59. The van der Waals surface area contributed by atoms with Crippen molar-refractivity contribution in [3.63, 3.8) is 0 Å². The Morgan fingerprint density at radius 1 is 1.42 bits per heavy atom. The molecule has 130 valence electrons. The molecule has 4 nitrogen and oxygen atoms in total. The van der Waals surface area contributed by atoms with Gasteiger partial charge in [-0.2, -0.15) is 0 Å². The standard InChI is InChI=1S/C20H27NO3/c1-14-15(9-8-12-23-19(2,3)4)16-13-18(22)24-20(14,16)17-10-6-7-11-21(17)5/h13,17H,6-7,10-12H2,1-5H3/t17?,20-/m0/s1. The van der Waals surface area contributed by atoms with Crippen molar-refractivity contribution in [2.24, 2.45) is 0 Å². The zero-order chi connectivity index (χ0) is 17.5. The van der Waals surface area contributed by atoms with Gasteiger partial charge in [0.25, 0.3) is 0 Å². The van der Waals surface area contributed by atoms with Crippen LogP contribution in [0.25, 0.3) is 0 Å². The first-order valence-corrected chi connectivity index (χ1v) is 8.75. The van der Waals surface area contributed by atoms with Crippen molar-refractivity contribution in [1.82, 2.24) is 4.90 Å². The monoisotopic (exact) mass is 329 g/mol. The number of piperidine rings is 1. The lowest BCUT2D eigenvalue weighted by atomic mass is 9.64. The van der Waals surface area contributed by atoms with Gasteiger partial charge in [-0.15, -0.1) is 0 Å². The Labute approximate surface area is 144 Å². The number of hydrogen-bond acceptors (Lipinski definition) is 4. The molecule has 4 heteroatoms. The predicted octanol–water partition coefficient (Wildman–Crippen LogP) is 2.84. The summed E-state index contributed by atoms with van der Waals surface area (Å²) >= 11 is 0. The fourth-order valence-electron chi connectivity index (χ4n) is 3.95. The third-order valence-corrected chi connectivity index (χ3v) is 5.16. The topological polar surface area (TPSA) is 38.8 Å². The summed E-state index contributed by atoms with van der Waals surface area (Å²) in [5.41, 5.74) is 2.24. The van der Waals surface area contributed by atoms with Gasteiger partial charge in [-0.05, 0) is 59.7 Å². The van der Waals surface area contributed by atoms with Crippen LogP contribution in [0.3, 0.4) is 0 Å². The van der Waals surface area contributed by atoms with E-state index in [9.17, 15) is 4.79 Å². The Balaban J connectivity index is 1.84. The van der Waals surface area contributed by atoms with Gasteiger partial charge in [-0.3, -0.25) is 4.90 Å². The Morgan fingerprint density at radius 2 is 2.17 bits per heavy atom. The van der Waals surface area contributed by atoms with Gasteiger partial charge in [0, 0.05) is 17.2 Å². The van der Waals surface area contributed by atoms with Crippen molar-refractivity contribution in [3.05, 3.63) is 22.8 Å². The van der Waals surface area contributed by atoms with E-state index in [1.807, 2.05) is 27.7 Å². The van der Waals surface area contributed by atoms with E-state index in [4.69, 9.17) is 9.47 Å². The van der Waals surface area contributed by atoms with Gasteiger partial charge in [0.05, 0.1) is 11.6 Å². The molecule has 0 bridgehead atoms. The highest BCUT2D eigenvalue weighted by Crippen LogP contribution is 2.54. The van der Waals surface area contributed by atoms with Crippen molar-refractivity contribution in [2.75, 3.05) is 20.2 Å². The first-order chi connectivity index (χ1) is 11.3. The first kappa shape index (κ1) is 17.3. The van der Waals surface area contributed by atoms with Gasteiger partial charge in [0.1, 0.15) is 6.61 Å². The Morgan fingerprint density at radius 3 is 2.83 bits per heavy atom. The van der Waals surface area contributed by atoms with E-state index >= 15 is 0 Å². The lowest BCUT2D eigenvalue weighted by molar-refractivity contribution is -0.149. The number of fused-ring (bicyclic) bond motifs is 1. The van der Waals surface area contributed by atoms with Crippen LogP contribution >= 0.6 is 0 Å². The van der Waals surface area contributed by atoms with Crippen molar-refractivity contribution >= 4 is 5.97 Å². The summed E-state index contributed by atoms with van der Waals surface area (Å²) in [6.07, 6.45) is 5.06. The van der Waals surface area contributed by atoms with Crippen LogP contribution < -0.4 is 0 Å². The molecule has 0 N–H and O–H groups in total. The fourth-order valence-corrected chi connectivity index (χ4v) is 3.95. The normalized spacial score (nSPS) is 30.1. The van der Waals surface area contributed by atoms with Gasteiger partial charge in [-0.1, -0.05) is 18.3 Å². The number of carbonyl (C=O) groups is 1. The number of likely N-dealkylation sites (tertiary alicyclic amines) is 1. The van der Waals surface area contributed by atoms with E-state index in [-0.39, 0.29) is 17.6 Å². The fraction of sp³-hybridized carbons (Fsp3) is 0.650. The van der Waals surface area contributed by atoms with Crippen molar-refractivity contribution in [2.45, 2.75) is 64.2 Å². The molecule has 2 heterocycles. The third-order valence-electron chi connectivity index (χ3n) is 5.16. The maximum absolute atomic E-state index is 12.0. The summed E-state index contributed by atoms with van der Waals surface area (Å²) in [5, 5.41) is 0. The molecule has 0 aromatic rings. The summed E-state index contributed by atoms with van der Waals surface area (Å²) in [6, 6.07) is 0.223. The summed E-state index contributed by atoms with van der Waals surface area (Å²) in [6.45, 7) is 9.52. The molecule has 1 unspecified atom stereocenters. The van der Waals surface area contributed by atoms with E-state index in [2.05, 4.69) is 23.8 Å². The van der Waals surface area contributed by atoms with E-state index in [0.717, 1.165) is 29.7 Å². The van der Waals surface area contributed by atoms with Crippen LogP contribution in [0.15, 0.2) is 22.8 Å². The average molecular weight is 329 g/mol. The molecule has 0 aromatic carbocycles. The van der Waals surface area contributed by atoms with Gasteiger partial charge in [0.2, 0.25) is 0 Å². The summed E-state index contributed by atoms with van der Waals surface area (Å²) in [4.78, 5) is 14.3. The van der Waals surface area contributed by atoms with Crippen molar-refractivity contribution < 1.29 is 14.3 Å². The smallest absolute Gasteiger partial charge is 0.332 e. The van der Waals surface area contributed by atoms with Gasteiger partial charge in [0.15, 0.2) is 5.60 Å². The maximum Gasteiger partial charge on any atom is 0.332 e. The highest BCUT2D eigenvalue weighted by molar-refractivity contribution is 5.93. The zero-order valence-corrected chi connectivity index (χ0v) is 15.4. The summed E-state index contributed by atoms with van der Waals surface area (Å²) < 4.78 is 11.5. The lowest BCUT2D eigenvalue weighted by Gasteiger charge is -2.50. The summed E-state index contributed by atoms with van der Waals surface area (Å²) in [5.74, 6) is 6.04. The molecular weight excluding hydrogens is 302 g/mol. The van der Waals surface area contributed by atoms with Crippen molar-refractivity contribution in [1.29, 1.82) is 0 Å². The van der Waals surface area contributed by atoms with Crippen LogP contribution in [-0.4, -0.2) is 48.3 Å². The van der Waals surface area contributed by atoms with Crippen LogP contribution in [-0.2, 0) is 14.3 Å². The number of hydrogen-bond donors (Lipinski definition) is 0. The van der Waals surface area contributed by atoms with E-state index < -0.39 is 5.60 Å². The number of carbonyl (C=O) groups excluding carboxylic acids is 1. The van der Waals surface area contributed by atoms with Crippen LogP contribution in [0, 0.1) is 11.8 Å². The molecule has 2 aliphatic heterocycles. The number of likely N-dealkylation sites (N-methyl/N-ethyl adjacent to an activating group) is 1. The Kier molecular flexibility index (Phi) is 4.36. The SMILES string of the molecule is CC1=C(C#CCOC(C)(C)C)C2=CC(=O)O[C@]21C1CCCCN1C. The molecule has 0 aromatic heterocycles. The number of nitrogens with zero attached hydrogens (tertiary/aromatic N) is 1. The van der Waals surface area contributed by atoms with E-state index in [1.165, 1.54) is 12.8 Å². The number of rotatable bonds is 2. The Hall–Kier alpha value is -1.57. The predicted molar refractivity (Wildman–Crippen MR) is 93.4 cm³/mol. The van der Waals surface area contributed by atoms with Crippen LogP contribution in [0.2, 0.25) is 0 Å². The average Bonchev–Trinajstić information content (AvgIpc) is 2.80. The molecule has 1 fully saturated rings. The van der Waals surface area contributed by atoms with Crippen molar-refractivity contribution in [3.8, 4) is 11.8 Å². The summed E-state index contributed by atoms with van der Waals surface area (Å²) in [7, 11) is 2.12. The molecule has 0 spiro atoms. The van der Waals surface area contributed by atoms with Gasteiger partial charge < -0.3 is 9.47 Å². The molecule has 0 radical (unpaired) electrons. The van der Waals surface area contributed by atoms with E-state index in [0.29, 0.717) is 6.61 Å². The quantitative estimate of drug-likeness (QED) is 0.577. The molecule has 24 heavy (non-hydrogen) atoms. The van der Waals surface area contributed by atoms with E-state index in [1.54, 1.807) is 6.08 Å². The number of ether oxygens (including phenoxy) is 2. The third kappa shape index (κ3) is 2.81. The molecular formula is C20H27NO3. The maximum atomic E-state index is 12.0. The highest BCUT2D eigenvalue weighted by Gasteiger charge is 2.60. The molecule has 3 rings (SSSR count). The van der Waals surface area contributed by atoms with Gasteiger partial charge >= 0.3 is 5.97 Å².